The van der Waals surface area contributed by atoms with Crippen LogP contribution in [0.4, 0.5) is 0 Å². The highest BCUT2D eigenvalue weighted by Crippen LogP contribution is 2.57. The summed E-state index contributed by atoms with van der Waals surface area (Å²) in [5.41, 5.74) is 0.834. The maximum Gasteiger partial charge on any atom is 0.335 e. The molecular formula is C18H28O6P2S. The van der Waals surface area contributed by atoms with Crippen LogP contribution in [-0.4, -0.2) is 26.4 Å². The molecule has 0 bridgehead atoms. The molecule has 2 aromatic rings. The Bertz CT molecular complexity index is 814. The number of benzene rings is 1. The van der Waals surface area contributed by atoms with E-state index in [1.165, 1.54) is 11.3 Å². The molecule has 1 aromatic carbocycles. The molecule has 1 heterocycles. The summed E-state index contributed by atoms with van der Waals surface area (Å²) in [5.74, 6) is 0. The Morgan fingerprint density at radius 2 is 1.26 bits per heavy atom. The van der Waals surface area contributed by atoms with E-state index in [1.807, 2.05) is 24.3 Å². The highest BCUT2D eigenvalue weighted by Gasteiger charge is 2.32. The first-order chi connectivity index (χ1) is 12.9. The summed E-state index contributed by atoms with van der Waals surface area (Å²) in [6.45, 7) is 8.34. The van der Waals surface area contributed by atoms with Crippen molar-refractivity contribution in [3.8, 4) is 0 Å². The van der Waals surface area contributed by atoms with Gasteiger partial charge in [-0.05, 0) is 44.7 Å². The molecule has 0 radical (unpaired) electrons. The zero-order valence-electron chi connectivity index (χ0n) is 16.3. The van der Waals surface area contributed by atoms with Crippen molar-refractivity contribution in [2.75, 3.05) is 26.4 Å². The minimum absolute atomic E-state index is 0.131. The second kappa shape index (κ2) is 10.3. The van der Waals surface area contributed by atoms with E-state index >= 15 is 0 Å². The van der Waals surface area contributed by atoms with E-state index in [0.717, 1.165) is 20.5 Å². The van der Waals surface area contributed by atoms with Crippen LogP contribution in [0.15, 0.2) is 24.3 Å². The average molecular weight is 434 g/mol. The van der Waals surface area contributed by atoms with Gasteiger partial charge in [0, 0.05) is 9.58 Å². The molecule has 0 saturated heterocycles. The Labute approximate surface area is 165 Å². The predicted octanol–water partition coefficient (Wildman–Crippen LogP) is 6.43. The van der Waals surface area contributed by atoms with E-state index in [9.17, 15) is 9.13 Å². The highest BCUT2D eigenvalue weighted by atomic mass is 32.1. The van der Waals surface area contributed by atoms with Crippen LogP contribution < -0.4 is 0 Å². The number of fused-ring (bicyclic) bond motifs is 1. The normalized spacial score (nSPS) is 12.7. The van der Waals surface area contributed by atoms with E-state index in [2.05, 4.69) is 0 Å². The quantitative estimate of drug-likeness (QED) is 0.358. The van der Waals surface area contributed by atoms with Crippen LogP contribution in [-0.2, 0) is 39.5 Å². The first-order valence-electron chi connectivity index (χ1n) is 9.15. The van der Waals surface area contributed by atoms with E-state index in [-0.39, 0.29) is 12.3 Å². The summed E-state index contributed by atoms with van der Waals surface area (Å²) in [5, 5.41) is 0.969. The summed E-state index contributed by atoms with van der Waals surface area (Å²) in [6.07, 6.45) is 0.272. The van der Waals surface area contributed by atoms with E-state index in [0.29, 0.717) is 26.4 Å². The Morgan fingerprint density at radius 3 is 1.78 bits per heavy atom. The fourth-order valence-corrected chi connectivity index (χ4v) is 8.10. The van der Waals surface area contributed by atoms with Gasteiger partial charge in [-0.3, -0.25) is 9.13 Å². The van der Waals surface area contributed by atoms with Crippen LogP contribution >= 0.6 is 26.5 Å². The molecule has 9 heteroatoms. The second-order valence-corrected chi connectivity index (χ2v) is 11.0. The van der Waals surface area contributed by atoms with Crippen molar-refractivity contribution in [1.29, 1.82) is 0 Å². The third-order valence-corrected chi connectivity index (χ3v) is 9.21. The maximum atomic E-state index is 13.1. The molecule has 0 unspecified atom stereocenters. The fourth-order valence-electron chi connectivity index (χ4n) is 2.86. The molecule has 0 aliphatic heterocycles. The van der Waals surface area contributed by atoms with Gasteiger partial charge in [0.2, 0.25) is 0 Å². The zero-order chi connectivity index (χ0) is 19.9. The molecule has 0 spiro atoms. The van der Waals surface area contributed by atoms with Gasteiger partial charge in [-0.2, -0.15) is 0 Å². The van der Waals surface area contributed by atoms with Gasteiger partial charge in [-0.15, -0.1) is 11.3 Å². The molecule has 6 nitrogen and oxygen atoms in total. The Hall–Kier alpha value is -0.520. The van der Waals surface area contributed by atoms with Crippen molar-refractivity contribution < 1.29 is 27.2 Å². The topological polar surface area (TPSA) is 71.1 Å². The number of hydrogen-bond donors (Lipinski definition) is 0. The minimum atomic E-state index is -3.30. The highest BCUT2D eigenvalue weighted by molar-refractivity contribution is 7.54. The summed E-state index contributed by atoms with van der Waals surface area (Å²) >= 11 is 1.51. The molecule has 2 rings (SSSR count). The third-order valence-electron chi connectivity index (χ3n) is 3.77. The predicted molar refractivity (Wildman–Crippen MR) is 111 cm³/mol. The lowest BCUT2D eigenvalue weighted by atomic mass is 10.1. The van der Waals surface area contributed by atoms with Gasteiger partial charge in [-0.25, -0.2) is 0 Å². The van der Waals surface area contributed by atoms with Crippen molar-refractivity contribution >= 4 is 36.6 Å². The van der Waals surface area contributed by atoms with E-state index in [4.69, 9.17) is 18.1 Å². The van der Waals surface area contributed by atoms with Gasteiger partial charge in [0.15, 0.2) is 0 Å². The Morgan fingerprint density at radius 1 is 0.778 bits per heavy atom. The molecule has 152 valence electrons. The largest absolute Gasteiger partial charge is 0.335 e. The first-order valence-corrected chi connectivity index (χ1v) is 13.4. The van der Waals surface area contributed by atoms with Gasteiger partial charge in [0.25, 0.3) is 0 Å². The molecule has 0 amide bonds. The number of rotatable bonds is 12. The first kappa shape index (κ1) is 22.8. The zero-order valence-corrected chi connectivity index (χ0v) is 18.9. The van der Waals surface area contributed by atoms with Crippen LogP contribution in [0.2, 0.25) is 0 Å². The van der Waals surface area contributed by atoms with E-state index in [1.54, 1.807) is 27.7 Å². The van der Waals surface area contributed by atoms with Crippen molar-refractivity contribution in [2.24, 2.45) is 0 Å². The van der Waals surface area contributed by atoms with Gasteiger partial charge in [0.05, 0.1) is 38.8 Å². The Balaban J connectivity index is 2.49. The van der Waals surface area contributed by atoms with Crippen LogP contribution in [0.3, 0.4) is 0 Å². The fraction of sp³-hybridized carbons (Fsp3) is 0.556. The molecule has 0 fully saturated rings. The van der Waals surface area contributed by atoms with Gasteiger partial charge < -0.3 is 18.1 Å². The number of thiophene rings is 1. The van der Waals surface area contributed by atoms with Crippen molar-refractivity contribution in [1.82, 2.24) is 0 Å². The van der Waals surface area contributed by atoms with Gasteiger partial charge >= 0.3 is 15.2 Å². The lowest BCUT2D eigenvalue weighted by Gasteiger charge is -2.19. The van der Waals surface area contributed by atoms with Crippen LogP contribution in [0.1, 0.15) is 38.1 Å². The lowest BCUT2D eigenvalue weighted by Crippen LogP contribution is -2.02. The van der Waals surface area contributed by atoms with E-state index < -0.39 is 15.2 Å². The molecule has 0 aliphatic rings. The summed E-state index contributed by atoms with van der Waals surface area (Å²) in [7, 11) is -6.58. The average Bonchev–Trinajstić information content (AvgIpc) is 2.92. The van der Waals surface area contributed by atoms with Crippen LogP contribution in [0, 0.1) is 0 Å². The van der Waals surface area contributed by atoms with Crippen molar-refractivity contribution in [2.45, 2.75) is 40.0 Å². The molecule has 0 N–H and O–H groups in total. The van der Waals surface area contributed by atoms with Crippen LogP contribution in [0.25, 0.3) is 10.1 Å². The monoisotopic (exact) mass is 434 g/mol. The van der Waals surface area contributed by atoms with Gasteiger partial charge in [-0.1, -0.05) is 18.2 Å². The summed E-state index contributed by atoms with van der Waals surface area (Å²) < 4.78 is 49.1. The molecule has 27 heavy (non-hydrogen) atoms. The summed E-state index contributed by atoms with van der Waals surface area (Å²) in [4.78, 5) is 0.834. The lowest BCUT2D eigenvalue weighted by molar-refractivity contribution is 0.217. The Kier molecular flexibility index (Phi) is 8.70. The molecular weight excluding hydrogens is 406 g/mol. The minimum Gasteiger partial charge on any atom is -0.309 e. The number of hydrogen-bond acceptors (Lipinski definition) is 7. The summed E-state index contributed by atoms with van der Waals surface area (Å²) in [6, 6.07) is 7.84. The standard InChI is InChI=1S/C18H28O6P2S/c1-5-21-25(19,22-6-2)13-16-15-11-9-10-12-17(15)27-18(16)14-26(20,23-7-3)24-8-4/h9-12H,5-8,13-14H2,1-4H3. The SMILES string of the molecule is CCOP(=O)(Cc1sc2ccccc2c1CP(=O)(OCC)OCC)OCC. The molecule has 0 aliphatic carbocycles. The van der Waals surface area contributed by atoms with Gasteiger partial charge in [0.1, 0.15) is 0 Å². The third kappa shape index (κ3) is 5.98. The smallest absolute Gasteiger partial charge is 0.309 e. The second-order valence-electron chi connectivity index (χ2n) is 5.71. The molecule has 0 saturated carbocycles. The maximum absolute atomic E-state index is 13.1. The van der Waals surface area contributed by atoms with Crippen molar-refractivity contribution in [3.05, 3.63) is 34.7 Å². The van der Waals surface area contributed by atoms with Crippen molar-refractivity contribution in [3.63, 3.8) is 0 Å². The molecule has 1 aromatic heterocycles. The van der Waals surface area contributed by atoms with Crippen LogP contribution in [0.5, 0.6) is 0 Å². The molecule has 0 atom stereocenters.